The number of aromatic hydroxyl groups is 1. The van der Waals surface area contributed by atoms with Crippen LogP contribution in [0.4, 0.5) is 0 Å². The molecular formula is C22H28N2O2. The summed E-state index contributed by atoms with van der Waals surface area (Å²) in [5, 5.41) is 12.6. The standard InChI is InChI=1S/C22H28N2O2/c1-24(2)18(15-16-7-11-19(25)12-8-16)10-14-22(26)23-21-13-9-17-5-3-4-6-20(17)21/h3-8,11-12,18,21,25H,9-10,13-15H2,1-2H3,(H,23,26)/t18-,21?/m1/s1. The number of hydrogen-bond acceptors (Lipinski definition) is 3. The number of nitrogens with zero attached hydrogens (tertiary/aromatic N) is 1. The van der Waals surface area contributed by atoms with Crippen molar-refractivity contribution in [2.45, 2.75) is 44.2 Å². The van der Waals surface area contributed by atoms with Crippen molar-refractivity contribution < 1.29 is 9.90 Å². The van der Waals surface area contributed by atoms with E-state index in [1.807, 2.05) is 18.2 Å². The van der Waals surface area contributed by atoms with Gasteiger partial charge in [-0.3, -0.25) is 4.79 Å². The Labute approximate surface area is 155 Å². The number of nitrogens with one attached hydrogen (secondary N) is 1. The normalized spacial score (nSPS) is 17.1. The van der Waals surface area contributed by atoms with Crippen molar-refractivity contribution in [1.29, 1.82) is 0 Å². The van der Waals surface area contributed by atoms with Gasteiger partial charge in [0.1, 0.15) is 5.75 Å². The van der Waals surface area contributed by atoms with Crippen LogP contribution < -0.4 is 5.32 Å². The zero-order chi connectivity index (χ0) is 18.5. The molecule has 3 rings (SSSR count). The molecule has 0 spiro atoms. The van der Waals surface area contributed by atoms with Crippen LogP contribution in [0.2, 0.25) is 0 Å². The largest absolute Gasteiger partial charge is 0.508 e. The maximum absolute atomic E-state index is 12.5. The number of hydrogen-bond donors (Lipinski definition) is 2. The van der Waals surface area contributed by atoms with Gasteiger partial charge in [0.15, 0.2) is 0 Å². The molecule has 0 aromatic heterocycles. The van der Waals surface area contributed by atoms with Gasteiger partial charge in [0.2, 0.25) is 5.91 Å². The summed E-state index contributed by atoms with van der Waals surface area (Å²) in [6.45, 7) is 0. The van der Waals surface area contributed by atoms with E-state index in [0.29, 0.717) is 12.5 Å². The smallest absolute Gasteiger partial charge is 0.220 e. The molecule has 138 valence electrons. The molecule has 2 aromatic rings. The van der Waals surface area contributed by atoms with Crippen LogP contribution in [0, 0.1) is 0 Å². The molecule has 0 saturated heterocycles. The molecule has 2 aromatic carbocycles. The number of carbonyl (C=O) groups is 1. The lowest BCUT2D eigenvalue weighted by Gasteiger charge is -2.24. The van der Waals surface area contributed by atoms with Crippen LogP contribution in [0.3, 0.4) is 0 Å². The molecule has 2 N–H and O–H groups in total. The van der Waals surface area contributed by atoms with Crippen LogP contribution in [-0.4, -0.2) is 36.1 Å². The molecule has 26 heavy (non-hydrogen) atoms. The van der Waals surface area contributed by atoms with Crippen LogP contribution in [0.15, 0.2) is 48.5 Å². The van der Waals surface area contributed by atoms with Gasteiger partial charge in [0.25, 0.3) is 0 Å². The molecule has 4 heteroatoms. The molecule has 1 aliphatic rings. The summed E-state index contributed by atoms with van der Waals surface area (Å²) >= 11 is 0. The number of phenolic OH excluding ortho intramolecular Hbond substituents is 1. The average molecular weight is 352 g/mol. The van der Waals surface area contributed by atoms with Crippen molar-refractivity contribution in [3.8, 4) is 5.75 Å². The summed E-state index contributed by atoms with van der Waals surface area (Å²) in [6, 6.07) is 16.2. The van der Waals surface area contributed by atoms with E-state index in [9.17, 15) is 9.90 Å². The second kappa shape index (κ2) is 8.37. The highest BCUT2D eigenvalue weighted by Gasteiger charge is 2.23. The number of carbonyl (C=O) groups excluding carboxylic acids is 1. The third-order valence-electron chi connectivity index (χ3n) is 5.31. The molecule has 4 nitrogen and oxygen atoms in total. The molecule has 0 saturated carbocycles. The van der Waals surface area contributed by atoms with E-state index >= 15 is 0 Å². The third-order valence-corrected chi connectivity index (χ3v) is 5.31. The fourth-order valence-corrected chi connectivity index (χ4v) is 3.72. The van der Waals surface area contributed by atoms with E-state index in [-0.39, 0.29) is 17.7 Å². The molecule has 0 radical (unpaired) electrons. The number of aryl methyl sites for hydroxylation is 1. The van der Waals surface area contributed by atoms with Crippen molar-refractivity contribution in [2.75, 3.05) is 14.1 Å². The topological polar surface area (TPSA) is 52.6 Å². The second-order valence-corrected chi connectivity index (χ2v) is 7.38. The van der Waals surface area contributed by atoms with Gasteiger partial charge in [-0.25, -0.2) is 0 Å². The van der Waals surface area contributed by atoms with Crippen molar-refractivity contribution in [2.24, 2.45) is 0 Å². The van der Waals surface area contributed by atoms with E-state index in [0.717, 1.165) is 25.7 Å². The van der Waals surface area contributed by atoms with Gasteiger partial charge in [-0.15, -0.1) is 0 Å². The van der Waals surface area contributed by atoms with Crippen molar-refractivity contribution in [3.63, 3.8) is 0 Å². The SMILES string of the molecule is CN(C)[C@H](CCC(=O)NC1CCc2ccccc21)Cc1ccc(O)cc1. The quantitative estimate of drug-likeness (QED) is 0.802. The van der Waals surface area contributed by atoms with Crippen molar-refractivity contribution in [1.82, 2.24) is 10.2 Å². The minimum Gasteiger partial charge on any atom is -0.508 e. The van der Waals surface area contributed by atoms with E-state index < -0.39 is 0 Å². The zero-order valence-electron chi connectivity index (χ0n) is 15.6. The lowest BCUT2D eigenvalue weighted by atomic mass is 10.0. The first kappa shape index (κ1) is 18.5. The highest BCUT2D eigenvalue weighted by Crippen LogP contribution is 2.30. The van der Waals surface area contributed by atoms with Gasteiger partial charge >= 0.3 is 0 Å². The maximum Gasteiger partial charge on any atom is 0.220 e. The summed E-state index contributed by atoms with van der Waals surface area (Å²) in [5.41, 5.74) is 3.80. The van der Waals surface area contributed by atoms with Gasteiger partial charge in [0, 0.05) is 12.5 Å². The maximum atomic E-state index is 12.5. The molecule has 0 aliphatic heterocycles. The van der Waals surface area contributed by atoms with Crippen LogP contribution in [0.1, 0.15) is 42.0 Å². The third kappa shape index (κ3) is 4.64. The summed E-state index contributed by atoms with van der Waals surface area (Å²) in [7, 11) is 4.10. The number of phenols is 1. The number of likely N-dealkylation sites (N-methyl/N-ethyl adjacent to an activating group) is 1. The highest BCUT2D eigenvalue weighted by molar-refractivity contribution is 5.76. The Morgan fingerprint density at radius 1 is 1.19 bits per heavy atom. The number of amides is 1. The van der Waals surface area contributed by atoms with Gasteiger partial charge < -0.3 is 15.3 Å². The van der Waals surface area contributed by atoms with E-state index in [1.54, 1.807) is 12.1 Å². The predicted molar refractivity (Wildman–Crippen MR) is 104 cm³/mol. The van der Waals surface area contributed by atoms with Crippen LogP contribution in [0.5, 0.6) is 5.75 Å². The van der Waals surface area contributed by atoms with Crippen LogP contribution in [-0.2, 0) is 17.6 Å². The fraction of sp³-hybridized carbons (Fsp3) is 0.409. The monoisotopic (exact) mass is 352 g/mol. The lowest BCUT2D eigenvalue weighted by Crippen LogP contribution is -2.33. The summed E-state index contributed by atoms with van der Waals surface area (Å²) in [5.74, 6) is 0.413. The average Bonchev–Trinajstić information content (AvgIpc) is 3.03. The predicted octanol–water partition coefficient (Wildman–Crippen LogP) is 3.45. The number of rotatable bonds is 7. The van der Waals surface area contributed by atoms with Gasteiger partial charge in [-0.1, -0.05) is 36.4 Å². The molecular weight excluding hydrogens is 324 g/mol. The first-order valence-corrected chi connectivity index (χ1v) is 9.34. The highest BCUT2D eigenvalue weighted by atomic mass is 16.3. The fourth-order valence-electron chi connectivity index (χ4n) is 3.72. The molecule has 0 bridgehead atoms. The molecule has 0 heterocycles. The first-order valence-electron chi connectivity index (χ1n) is 9.34. The van der Waals surface area contributed by atoms with Crippen molar-refractivity contribution >= 4 is 5.91 Å². The van der Waals surface area contributed by atoms with Gasteiger partial charge in [-0.05, 0) is 68.6 Å². The Morgan fingerprint density at radius 2 is 1.92 bits per heavy atom. The molecule has 2 atom stereocenters. The van der Waals surface area contributed by atoms with E-state index in [4.69, 9.17) is 0 Å². The lowest BCUT2D eigenvalue weighted by molar-refractivity contribution is -0.122. The van der Waals surface area contributed by atoms with Crippen molar-refractivity contribution in [3.05, 3.63) is 65.2 Å². The Bertz CT molecular complexity index is 740. The first-order chi connectivity index (χ1) is 12.5. The Morgan fingerprint density at radius 3 is 2.65 bits per heavy atom. The number of benzene rings is 2. The van der Waals surface area contributed by atoms with E-state index in [1.165, 1.54) is 16.7 Å². The molecule has 1 amide bonds. The van der Waals surface area contributed by atoms with E-state index in [2.05, 4.69) is 42.5 Å². The summed E-state index contributed by atoms with van der Waals surface area (Å²) < 4.78 is 0. The number of fused-ring (bicyclic) bond motifs is 1. The Hall–Kier alpha value is -2.33. The Balaban J connectivity index is 1.52. The molecule has 1 unspecified atom stereocenters. The summed E-state index contributed by atoms with van der Waals surface area (Å²) in [6.07, 6.45) is 4.25. The second-order valence-electron chi connectivity index (χ2n) is 7.38. The molecule has 0 fully saturated rings. The Kier molecular flexibility index (Phi) is 5.94. The summed E-state index contributed by atoms with van der Waals surface area (Å²) in [4.78, 5) is 14.6. The van der Waals surface area contributed by atoms with Gasteiger partial charge in [0.05, 0.1) is 6.04 Å². The van der Waals surface area contributed by atoms with Crippen LogP contribution >= 0.6 is 0 Å². The van der Waals surface area contributed by atoms with Gasteiger partial charge in [-0.2, -0.15) is 0 Å². The van der Waals surface area contributed by atoms with Crippen LogP contribution in [0.25, 0.3) is 0 Å². The molecule has 1 aliphatic carbocycles. The minimum absolute atomic E-state index is 0.129. The zero-order valence-corrected chi connectivity index (χ0v) is 15.6. The minimum atomic E-state index is 0.129.